The van der Waals surface area contributed by atoms with E-state index in [4.69, 9.17) is 2.74 Å². The molecule has 0 fully saturated rings. The summed E-state index contributed by atoms with van der Waals surface area (Å²) < 4.78 is 17.1. The van der Waals surface area contributed by atoms with Gasteiger partial charge in [-0.15, -0.1) is 0 Å². The van der Waals surface area contributed by atoms with Gasteiger partial charge in [-0.25, -0.2) is 0 Å². The highest BCUT2D eigenvalue weighted by atomic mass is 14.3. The molecule has 0 unspecified atom stereocenters. The average Bonchev–Trinajstić information content (AvgIpc) is 2.59. The molecule has 0 amide bonds. The number of benzene rings is 2. The van der Waals surface area contributed by atoms with Crippen LogP contribution in [0.3, 0.4) is 0 Å². The van der Waals surface area contributed by atoms with Crippen molar-refractivity contribution in [2.45, 2.75) is 25.1 Å². The molecule has 0 N–H and O–H groups in total. The lowest BCUT2D eigenvalue weighted by molar-refractivity contribution is 0.626. The van der Waals surface area contributed by atoms with Crippen molar-refractivity contribution in [3.8, 4) is 0 Å². The second-order valence-corrected chi connectivity index (χ2v) is 4.33. The second-order valence-electron chi connectivity index (χ2n) is 4.33. The predicted molar refractivity (Wildman–Crippen MR) is 67.7 cm³/mol. The molecule has 0 saturated carbocycles. The van der Waals surface area contributed by atoms with E-state index < -0.39 is 5.89 Å². The molecule has 1 aliphatic carbocycles. The zero-order chi connectivity index (χ0) is 12.8. The smallest absolute Gasteiger partial charge is 0.0356 e. The molecule has 0 heteroatoms. The van der Waals surface area contributed by atoms with Gasteiger partial charge in [0.05, 0.1) is 0 Å². The van der Waals surface area contributed by atoms with Gasteiger partial charge in [-0.1, -0.05) is 61.5 Å². The van der Waals surface area contributed by atoms with Gasteiger partial charge in [-0.3, -0.25) is 0 Å². The molecule has 2 aromatic carbocycles. The molecule has 0 bridgehead atoms. The Kier molecular flexibility index (Phi) is 1.81. The van der Waals surface area contributed by atoms with Gasteiger partial charge in [0.25, 0.3) is 0 Å². The van der Waals surface area contributed by atoms with Gasteiger partial charge in [0.15, 0.2) is 0 Å². The van der Waals surface area contributed by atoms with Crippen LogP contribution in [0.2, 0.25) is 0 Å². The quantitative estimate of drug-likeness (QED) is 0.664. The van der Waals surface area contributed by atoms with Crippen LogP contribution in [0.5, 0.6) is 0 Å². The Labute approximate surface area is 99.8 Å². The van der Waals surface area contributed by atoms with Gasteiger partial charge >= 0.3 is 0 Å². The van der Waals surface area contributed by atoms with Crippen LogP contribution >= 0.6 is 0 Å². The van der Waals surface area contributed by atoms with Crippen molar-refractivity contribution in [1.82, 2.24) is 0 Å². The van der Waals surface area contributed by atoms with Crippen molar-refractivity contribution < 1.29 is 2.74 Å². The number of fused-ring (bicyclic) bond motifs is 1. The standard InChI is InChI=1S/C16H16/c1-12-15-10-6-5-9-14(15)11-16(12)13-7-3-2-4-8-13/h2-10,12,16H,11H2,1H3/t12-,16+/m0/s1/i11D,12D/t11-,12+,16-/m1. The molecule has 0 saturated heterocycles. The lowest BCUT2D eigenvalue weighted by Gasteiger charge is -2.16. The minimum Gasteiger partial charge on any atom is -0.0622 e. The van der Waals surface area contributed by atoms with E-state index in [2.05, 4.69) is 0 Å². The normalized spacial score (nSPS) is 34.1. The van der Waals surface area contributed by atoms with Crippen LogP contribution in [0.4, 0.5) is 0 Å². The molecule has 80 valence electrons. The molecule has 3 atom stereocenters. The summed E-state index contributed by atoms with van der Waals surface area (Å²) in [5, 5.41) is 0. The highest BCUT2D eigenvalue weighted by Gasteiger charge is 2.29. The van der Waals surface area contributed by atoms with Crippen LogP contribution in [0, 0.1) is 0 Å². The summed E-state index contributed by atoms with van der Waals surface area (Å²) >= 11 is 0. The van der Waals surface area contributed by atoms with Crippen LogP contribution in [-0.4, -0.2) is 0 Å². The van der Waals surface area contributed by atoms with E-state index in [1.807, 2.05) is 61.5 Å². The Hall–Kier alpha value is -1.56. The molecule has 3 rings (SSSR count). The first-order valence-electron chi connectivity index (χ1n) is 6.76. The molecule has 0 nitrogen and oxygen atoms in total. The summed E-state index contributed by atoms with van der Waals surface area (Å²) in [4.78, 5) is 0. The molecule has 16 heavy (non-hydrogen) atoms. The average molecular weight is 210 g/mol. The molecular weight excluding hydrogens is 192 g/mol. The molecule has 0 spiro atoms. The Morgan fingerprint density at radius 1 is 1.06 bits per heavy atom. The fourth-order valence-corrected chi connectivity index (χ4v) is 2.48. The minimum absolute atomic E-state index is 0.0869. The number of rotatable bonds is 1. The first kappa shape index (κ1) is 7.67. The summed E-state index contributed by atoms with van der Waals surface area (Å²) in [6.45, 7) is 1.93. The third-order valence-corrected chi connectivity index (χ3v) is 3.36. The van der Waals surface area contributed by atoms with Crippen LogP contribution < -0.4 is 0 Å². The summed E-state index contributed by atoms with van der Waals surface area (Å²) in [6.07, 6.45) is -0.342. The fourth-order valence-electron chi connectivity index (χ4n) is 2.48. The maximum Gasteiger partial charge on any atom is 0.0356 e. The molecule has 0 radical (unpaired) electrons. The topological polar surface area (TPSA) is 0 Å². The molecule has 1 aliphatic rings. The Balaban J connectivity index is 2.15. The van der Waals surface area contributed by atoms with E-state index in [1.54, 1.807) is 0 Å². The zero-order valence-electron chi connectivity index (χ0n) is 11.4. The van der Waals surface area contributed by atoms with Crippen molar-refractivity contribution in [2.24, 2.45) is 0 Å². The molecule has 0 aliphatic heterocycles. The molecule has 2 aromatic rings. The highest BCUT2D eigenvalue weighted by molar-refractivity contribution is 5.41. The van der Waals surface area contributed by atoms with Crippen LogP contribution in [-0.2, 0) is 6.40 Å². The lowest BCUT2D eigenvalue weighted by Crippen LogP contribution is -2.02. The summed E-state index contributed by atoms with van der Waals surface area (Å²) in [5.74, 6) is -0.805. The largest absolute Gasteiger partial charge is 0.0622 e. The van der Waals surface area contributed by atoms with Crippen molar-refractivity contribution >= 4 is 0 Å². The van der Waals surface area contributed by atoms with Gasteiger partial charge in [0, 0.05) is 2.74 Å². The van der Waals surface area contributed by atoms with Gasteiger partial charge in [-0.05, 0) is 34.9 Å². The Morgan fingerprint density at radius 3 is 2.50 bits per heavy atom. The lowest BCUT2D eigenvalue weighted by atomic mass is 9.88. The van der Waals surface area contributed by atoms with Crippen molar-refractivity contribution in [3.63, 3.8) is 0 Å². The summed E-state index contributed by atoms with van der Waals surface area (Å²) in [6, 6.07) is 17.9. The van der Waals surface area contributed by atoms with Crippen molar-refractivity contribution in [3.05, 3.63) is 71.3 Å². The van der Waals surface area contributed by atoms with E-state index in [0.717, 1.165) is 16.7 Å². The maximum atomic E-state index is 8.67. The van der Waals surface area contributed by atoms with Gasteiger partial charge in [0.1, 0.15) is 0 Å². The van der Waals surface area contributed by atoms with Crippen LogP contribution in [0.1, 0.15) is 38.2 Å². The first-order valence-corrected chi connectivity index (χ1v) is 5.69. The monoisotopic (exact) mass is 210 g/mol. The highest BCUT2D eigenvalue weighted by Crippen LogP contribution is 2.43. The van der Waals surface area contributed by atoms with Crippen molar-refractivity contribution in [1.29, 1.82) is 0 Å². The van der Waals surface area contributed by atoms with Gasteiger partial charge in [-0.2, -0.15) is 0 Å². The van der Waals surface area contributed by atoms with Gasteiger partial charge in [0.2, 0.25) is 0 Å². The molecular formula is C16H16. The van der Waals surface area contributed by atoms with E-state index in [1.165, 1.54) is 0 Å². The Bertz CT molecular complexity index is 560. The van der Waals surface area contributed by atoms with E-state index in [0.29, 0.717) is 0 Å². The van der Waals surface area contributed by atoms with Crippen molar-refractivity contribution in [2.75, 3.05) is 0 Å². The number of hydrogen-bond acceptors (Lipinski definition) is 0. The van der Waals surface area contributed by atoms with Crippen LogP contribution in [0.25, 0.3) is 0 Å². The zero-order valence-corrected chi connectivity index (χ0v) is 9.35. The van der Waals surface area contributed by atoms with E-state index >= 15 is 0 Å². The van der Waals surface area contributed by atoms with E-state index in [9.17, 15) is 0 Å². The summed E-state index contributed by atoms with van der Waals surface area (Å²) in [7, 11) is 0. The second kappa shape index (κ2) is 3.79. The maximum absolute atomic E-state index is 8.67. The first-order chi connectivity index (χ1) is 8.62. The summed E-state index contributed by atoms with van der Waals surface area (Å²) in [5.41, 5.74) is 3.09. The van der Waals surface area contributed by atoms with Crippen LogP contribution in [0.15, 0.2) is 54.6 Å². The fraction of sp³-hybridized carbons (Fsp3) is 0.250. The number of hydrogen-bond donors (Lipinski definition) is 0. The SMILES string of the molecule is [2H][C@@H]1c2ccccc2[C@]([2H])(C)[C@@H]1c1ccccc1. The molecule has 0 aromatic heterocycles. The third-order valence-electron chi connectivity index (χ3n) is 3.36. The van der Waals surface area contributed by atoms with E-state index in [-0.39, 0.29) is 12.3 Å². The Morgan fingerprint density at radius 2 is 1.75 bits per heavy atom. The molecule has 0 heterocycles. The predicted octanol–water partition coefficient (Wildman–Crippen LogP) is 4.13. The minimum atomic E-state index is -0.718. The third kappa shape index (κ3) is 1.46. The van der Waals surface area contributed by atoms with Gasteiger partial charge < -0.3 is 0 Å².